The van der Waals surface area contributed by atoms with Crippen molar-refractivity contribution in [1.82, 2.24) is 14.9 Å². The molecule has 2 aromatic heterocycles. The molecule has 4 rings (SSSR count). The van der Waals surface area contributed by atoms with Crippen LogP contribution in [0.15, 0.2) is 39.6 Å². The highest BCUT2D eigenvalue weighted by molar-refractivity contribution is 7.99. The van der Waals surface area contributed by atoms with Gasteiger partial charge in [-0.15, -0.1) is 11.3 Å². The number of halogens is 2. The normalized spacial score (nSPS) is 16.4. The fourth-order valence-corrected chi connectivity index (χ4v) is 4.70. The molecule has 6 nitrogen and oxygen atoms in total. The summed E-state index contributed by atoms with van der Waals surface area (Å²) in [5, 5.41) is 4.71. The molecule has 0 unspecified atom stereocenters. The lowest BCUT2D eigenvalue weighted by Gasteiger charge is -2.13. The first-order valence-corrected chi connectivity index (χ1v) is 10.9. The molecular formula is C19H17F2N3O3S2. The van der Waals surface area contributed by atoms with E-state index in [4.69, 9.17) is 4.74 Å². The number of ether oxygens (including phenoxy) is 1. The molecule has 1 saturated heterocycles. The highest BCUT2D eigenvalue weighted by Crippen LogP contribution is 2.24. The average molecular weight is 437 g/mol. The Morgan fingerprint density at radius 2 is 2.14 bits per heavy atom. The van der Waals surface area contributed by atoms with E-state index in [0.29, 0.717) is 23.4 Å². The van der Waals surface area contributed by atoms with E-state index in [0.717, 1.165) is 47.4 Å². The van der Waals surface area contributed by atoms with Crippen LogP contribution in [0.25, 0.3) is 15.9 Å². The van der Waals surface area contributed by atoms with Gasteiger partial charge in [0.05, 0.1) is 23.1 Å². The summed E-state index contributed by atoms with van der Waals surface area (Å²) in [6.45, 7) is 1.13. The lowest BCUT2D eigenvalue weighted by atomic mass is 10.2. The number of nitrogens with one attached hydrogen (secondary N) is 1. The van der Waals surface area contributed by atoms with Crippen LogP contribution < -0.4 is 10.9 Å². The maximum Gasteiger partial charge on any atom is 0.276 e. The number of carbonyl (C=O) groups is 1. The molecule has 10 heteroatoms. The SMILES string of the molecule is O=C(CSc1nc2ccsc2c(=O)n1-c1cc(F)cc(F)c1)NC[C@H]1CCCO1. The van der Waals surface area contributed by atoms with Crippen molar-refractivity contribution in [2.45, 2.75) is 24.1 Å². The minimum Gasteiger partial charge on any atom is -0.376 e. The molecule has 1 amide bonds. The zero-order valence-electron chi connectivity index (χ0n) is 15.2. The van der Waals surface area contributed by atoms with E-state index >= 15 is 0 Å². The highest BCUT2D eigenvalue weighted by Gasteiger charge is 2.19. The topological polar surface area (TPSA) is 73.2 Å². The van der Waals surface area contributed by atoms with Gasteiger partial charge in [-0.05, 0) is 36.4 Å². The van der Waals surface area contributed by atoms with Crippen LogP contribution in [0.5, 0.6) is 0 Å². The standard InChI is InChI=1S/C19H17F2N3O3S2/c20-11-6-12(21)8-13(7-11)24-18(26)17-15(3-5-28-17)23-19(24)29-10-16(25)22-9-14-2-1-4-27-14/h3,5-8,14H,1-2,4,9-10H2,(H,22,25)/t14-/m1/s1. The predicted octanol–water partition coefficient (Wildman–Crippen LogP) is 3.11. The molecule has 3 heterocycles. The first-order valence-electron chi connectivity index (χ1n) is 8.99. The second-order valence-corrected chi connectivity index (χ2v) is 8.38. The summed E-state index contributed by atoms with van der Waals surface area (Å²) in [4.78, 5) is 29.6. The monoisotopic (exact) mass is 437 g/mol. The third-order valence-corrected chi connectivity index (χ3v) is 6.27. The van der Waals surface area contributed by atoms with Crippen molar-refractivity contribution in [3.63, 3.8) is 0 Å². The number of hydrogen-bond acceptors (Lipinski definition) is 6. The summed E-state index contributed by atoms with van der Waals surface area (Å²) in [6.07, 6.45) is 1.92. The van der Waals surface area contributed by atoms with E-state index in [9.17, 15) is 18.4 Å². The molecule has 1 atom stereocenters. The van der Waals surface area contributed by atoms with Crippen LogP contribution >= 0.6 is 23.1 Å². The summed E-state index contributed by atoms with van der Waals surface area (Å²) in [5.41, 5.74) is 0.0743. The molecular weight excluding hydrogens is 420 g/mol. The second kappa shape index (κ2) is 8.60. The van der Waals surface area contributed by atoms with Crippen LogP contribution in [0.1, 0.15) is 12.8 Å². The number of benzene rings is 1. The van der Waals surface area contributed by atoms with Crippen molar-refractivity contribution < 1.29 is 18.3 Å². The van der Waals surface area contributed by atoms with E-state index in [1.54, 1.807) is 11.4 Å². The minimum absolute atomic E-state index is 0.00655. The Balaban J connectivity index is 1.60. The van der Waals surface area contributed by atoms with E-state index in [1.165, 1.54) is 11.3 Å². The van der Waals surface area contributed by atoms with Crippen molar-refractivity contribution in [2.75, 3.05) is 18.9 Å². The molecule has 3 aromatic rings. The van der Waals surface area contributed by atoms with E-state index < -0.39 is 17.2 Å². The Morgan fingerprint density at radius 1 is 1.34 bits per heavy atom. The lowest BCUT2D eigenvalue weighted by Crippen LogP contribution is -2.33. The molecule has 152 valence electrons. The number of thiophene rings is 1. The van der Waals surface area contributed by atoms with Crippen molar-refractivity contribution in [3.8, 4) is 5.69 Å². The molecule has 0 saturated carbocycles. The number of aromatic nitrogens is 2. The zero-order valence-corrected chi connectivity index (χ0v) is 16.8. The number of nitrogens with zero attached hydrogens (tertiary/aromatic N) is 2. The predicted molar refractivity (Wildman–Crippen MR) is 108 cm³/mol. The van der Waals surface area contributed by atoms with Gasteiger partial charge in [0, 0.05) is 19.2 Å². The Labute approximate surface area is 172 Å². The summed E-state index contributed by atoms with van der Waals surface area (Å²) in [6, 6.07) is 4.55. The van der Waals surface area contributed by atoms with Gasteiger partial charge in [0.25, 0.3) is 5.56 Å². The minimum atomic E-state index is -0.802. The van der Waals surface area contributed by atoms with Crippen LogP contribution in [0, 0.1) is 11.6 Å². The molecule has 1 aliphatic heterocycles. The summed E-state index contributed by atoms with van der Waals surface area (Å²) in [7, 11) is 0. The number of rotatable bonds is 6. The summed E-state index contributed by atoms with van der Waals surface area (Å²) >= 11 is 2.24. The number of thioether (sulfide) groups is 1. The fourth-order valence-electron chi connectivity index (χ4n) is 3.10. The van der Waals surface area contributed by atoms with Crippen LogP contribution in [-0.4, -0.2) is 40.5 Å². The first kappa shape index (κ1) is 20.0. The van der Waals surface area contributed by atoms with Gasteiger partial charge in [-0.3, -0.25) is 14.2 Å². The molecule has 1 N–H and O–H groups in total. The van der Waals surface area contributed by atoms with Gasteiger partial charge in [-0.25, -0.2) is 13.8 Å². The molecule has 29 heavy (non-hydrogen) atoms. The largest absolute Gasteiger partial charge is 0.376 e. The molecule has 1 aliphatic rings. The van der Waals surface area contributed by atoms with Crippen LogP contribution in [0.4, 0.5) is 8.78 Å². The zero-order chi connectivity index (χ0) is 20.4. The Bertz CT molecular complexity index is 1090. The van der Waals surface area contributed by atoms with E-state index in [1.807, 2.05) is 0 Å². The third-order valence-electron chi connectivity index (χ3n) is 4.44. The van der Waals surface area contributed by atoms with Crippen LogP contribution in [0.3, 0.4) is 0 Å². The Morgan fingerprint density at radius 3 is 2.86 bits per heavy atom. The lowest BCUT2D eigenvalue weighted by molar-refractivity contribution is -0.119. The van der Waals surface area contributed by atoms with Gasteiger partial charge in [-0.1, -0.05) is 11.8 Å². The van der Waals surface area contributed by atoms with Gasteiger partial charge >= 0.3 is 0 Å². The van der Waals surface area contributed by atoms with Crippen molar-refractivity contribution in [3.05, 3.63) is 51.6 Å². The van der Waals surface area contributed by atoms with E-state index in [2.05, 4.69) is 10.3 Å². The van der Waals surface area contributed by atoms with Crippen LogP contribution in [-0.2, 0) is 9.53 Å². The molecule has 0 bridgehead atoms. The van der Waals surface area contributed by atoms with Gasteiger partial charge in [0.2, 0.25) is 5.91 Å². The second-order valence-electron chi connectivity index (χ2n) is 6.53. The van der Waals surface area contributed by atoms with Gasteiger partial charge in [0.1, 0.15) is 16.3 Å². The molecule has 0 radical (unpaired) electrons. The van der Waals surface area contributed by atoms with Crippen LogP contribution in [0.2, 0.25) is 0 Å². The van der Waals surface area contributed by atoms with Crippen molar-refractivity contribution in [2.24, 2.45) is 0 Å². The smallest absolute Gasteiger partial charge is 0.276 e. The van der Waals surface area contributed by atoms with Gasteiger partial charge in [0.15, 0.2) is 5.16 Å². The van der Waals surface area contributed by atoms with Gasteiger partial charge in [-0.2, -0.15) is 0 Å². The third kappa shape index (κ3) is 4.49. The molecule has 1 fully saturated rings. The highest BCUT2D eigenvalue weighted by atomic mass is 32.2. The number of fused-ring (bicyclic) bond motifs is 1. The maximum absolute atomic E-state index is 13.7. The molecule has 0 spiro atoms. The maximum atomic E-state index is 13.7. The quantitative estimate of drug-likeness (QED) is 0.474. The molecule has 1 aromatic carbocycles. The Hall–Kier alpha value is -2.30. The molecule has 0 aliphatic carbocycles. The van der Waals surface area contributed by atoms with Crippen molar-refractivity contribution >= 4 is 39.2 Å². The summed E-state index contributed by atoms with van der Waals surface area (Å²) < 4.78 is 34.5. The number of carbonyl (C=O) groups excluding carboxylic acids is 1. The Kier molecular flexibility index (Phi) is 5.93. The van der Waals surface area contributed by atoms with Gasteiger partial charge < -0.3 is 10.1 Å². The van der Waals surface area contributed by atoms with E-state index in [-0.39, 0.29) is 28.6 Å². The first-order chi connectivity index (χ1) is 14.0. The average Bonchev–Trinajstić information content (AvgIpc) is 3.35. The summed E-state index contributed by atoms with van der Waals surface area (Å²) in [5.74, 6) is -1.83. The number of hydrogen-bond donors (Lipinski definition) is 1. The fraction of sp³-hybridized carbons (Fsp3) is 0.316. The number of amides is 1. The van der Waals surface area contributed by atoms with Crippen molar-refractivity contribution in [1.29, 1.82) is 0 Å².